The van der Waals surface area contributed by atoms with Crippen LogP contribution in [0.15, 0.2) is 39.4 Å². The number of halogens is 2. The van der Waals surface area contributed by atoms with Gasteiger partial charge in [0.05, 0.1) is 0 Å². The Hall–Kier alpha value is -1.26. The highest BCUT2D eigenvalue weighted by molar-refractivity contribution is 9.10. The van der Waals surface area contributed by atoms with Crippen LogP contribution in [0.3, 0.4) is 0 Å². The molecule has 20 heavy (non-hydrogen) atoms. The van der Waals surface area contributed by atoms with E-state index in [9.17, 15) is 4.79 Å². The Morgan fingerprint density at radius 2 is 2.15 bits per heavy atom. The van der Waals surface area contributed by atoms with Gasteiger partial charge >= 0.3 is 0 Å². The van der Waals surface area contributed by atoms with E-state index in [1.165, 1.54) is 0 Å². The maximum absolute atomic E-state index is 12.0. The molecule has 1 aromatic heterocycles. The molecular formula is C15H13BrClNO2. The zero-order valence-electron chi connectivity index (χ0n) is 10.7. The fourth-order valence-corrected chi connectivity index (χ4v) is 2.96. The SMILES string of the molecule is O=C1NCCCc2ccc(C(Cl)c3ccc(Br)o3)cc21. The number of fused-ring (bicyclic) bond motifs is 1. The van der Waals surface area contributed by atoms with Crippen molar-refractivity contribution in [2.75, 3.05) is 6.54 Å². The van der Waals surface area contributed by atoms with Crippen molar-refractivity contribution < 1.29 is 9.21 Å². The van der Waals surface area contributed by atoms with Gasteiger partial charge in [-0.1, -0.05) is 12.1 Å². The lowest BCUT2D eigenvalue weighted by Crippen LogP contribution is -2.22. The molecule has 3 rings (SSSR count). The first kappa shape index (κ1) is 13.7. The minimum atomic E-state index is -0.400. The molecule has 1 aliphatic heterocycles. The van der Waals surface area contributed by atoms with E-state index >= 15 is 0 Å². The summed E-state index contributed by atoms with van der Waals surface area (Å²) in [5, 5.41) is 2.50. The summed E-state index contributed by atoms with van der Waals surface area (Å²) in [6.45, 7) is 0.721. The highest BCUT2D eigenvalue weighted by atomic mass is 79.9. The zero-order valence-corrected chi connectivity index (χ0v) is 13.0. The number of furan rings is 1. The third-order valence-electron chi connectivity index (χ3n) is 3.42. The van der Waals surface area contributed by atoms with Crippen molar-refractivity contribution in [3.8, 4) is 0 Å². The summed E-state index contributed by atoms with van der Waals surface area (Å²) in [6, 6.07) is 9.45. The summed E-state index contributed by atoms with van der Waals surface area (Å²) in [4.78, 5) is 12.0. The van der Waals surface area contributed by atoms with Crippen LogP contribution >= 0.6 is 27.5 Å². The number of aryl methyl sites for hydroxylation is 1. The van der Waals surface area contributed by atoms with Crippen LogP contribution in [-0.4, -0.2) is 12.5 Å². The van der Waals surface area contributed by atoms with E-state index in [0.717, 1.165) is 36.1 Å². The van der Waals surface area contributed by atoms with Gasteiger partial charge in [-0.05, 0) is 58.1 Å². The lowest BCUT2D eigenvalue weighted by molar-refractivity contribution is 0.0956. The first-order valence-corrected chi connectivity index (χ1v) is 7.68. The van der Waals surface area contributed by atoms with Gasteiger partial charge in [0.15, 0.2) is 4.67 Å². The lowest BCUT2D eigenvalue weighted by atomic mass is 9.99. The molecule has 0 bridgehead atoms. The van der Waals surface area contributed by atoms with Crippen LogP contribution in [0.4, 0.5) is 0 Å². The molecule has 1 aliphatic rings. The molecule has 1 unspecified atom stereocenters. The summed E-state index contributed by atoms with van der Waals surface area (Å²) in [5.74, 6) is 0.636. The predicted molar refractivity (Wildman–Crippen MR) is 81.2 cm³/mol. The van der Waals surface area contributed by atoms with E-state index in [4.69, 9.17) is 16.0 Å². The molecule has 0 radical (unpaired) electrons. The third kappa shape index (κ3) is 2.63. The molecule has 0 saturated carbocycles. The molecular weight excluding hydrogens is 342 g/mol. The van der Waals surface area contributed by atoms with Crippen LogP contribution < -0.4 is 5.32 Å². The number of rotatable bonds is 2. The van der Waals surface area contributed by atoms with E-state index < -0.39 is 5.38 Å². The van der Waals surface area contributed by atoms with Crippen molar-refractivity contribution >= 4 is 33.4 Å². The Labute approximate surface area is 130 Å². The number of benzene rings is 1. The van der Waals surface area contributed by atoms with Crippen molar-refractivity contribution in [2.45, 2.75) is 18.2 Å². The quantitative estimate of drug-likeness (QED) is 0.827. The number of alkyl halides is 1. The molecule has 0 aliphatic carbocycles. The molecule has 1 atom stereocenters. The van der Waals surface area contributed by atoms with Crippen molar-refractivity contribution in [2.24, 2.45) is 0 Å². The predicted octanol–water partition coefficient (Wildman–Crippen LogP) is 4.05. The molecule has 3 nitrogen and oxygen atoms in total. The van der Waals surface area contributed by atoms with Gasteiger partial charge in [0.25, 0.3) is 5.91 Å². The van der Waals surface area contributed by atoms with E-state index in [1.807, 2.05) is 24.3 Å². The average Bonchev–Trinajstić information content (AvgIpc) is 2.80. The second-order valence-corrected chi connectivity index (χ2v) is 6.00. The van der Waals surface area contributed by atoms with Crippen molar-refractivity contribution in [3.05, 3.63) is 57.5 Å². The van der Waals surface area contributed by atoms with Crippen molar-refractivity contribution in [1.29, 1.82) is 0 Å². The molecule has 2 heterocycles. The molecule has 104 valence electrons. The van der Waals surface area contributed by atoms with E-state index in [2.05, 4.69) is 21.2 Å². The van der Waals surface area contributed by atoms with Gasteiger partial charge < -0.3 is 9.73 Å². The fourth-order valence-electron chi connectivity index (χ4n) is 2.39. The van der Waals surface area contributed by atoms with Crippen LogP contribution in [-0.2, 0) is 6.42 Å². The first-order valence-electron chi connectivity index (χ1n) is 6.45. The Morgan fingerprint density at radius 1 is 1.30 bits per heavy atom. The number of carbonyl (C=O) groups excluding carboxylic acids is 1. The van der Waals surface area contributed by atoms with E-state index in [-0.39, 0.29) is 5.91 Å². The van der Waals surface area contributed by atoms with Gasteiger partial charge in [-0.3, -0.25) is 4.79 Å². The minimum absolute atomic E-state index is 0.0242. The second kappa shape index (κ2) is 5.62. The molecule has 2 aromatic rings. The highest BCUT2D eigenvalue weighted by Gasteiger charge is 2.20. The number of carbonyl (C=O) groups is 1. The summed E-state index contributed by atoms with van der Waals surface area (Å²) in [5.41, 5.74) is 2.66. The Balaban J connectivity index is 1.97. The van der Waals surface area contributed by atoms with Gasteiger partial charge in [-0.2, -0.15) is 0 Å². The molecule has 1 aromatic carbocycles. The monoisotopic (exact) mass is 353 g/mol. The molecule has 1 N–H and O–H groups in total. The van der Waals surface area contributed by atoms with E-state index in [0.29, 0.717) is 10.4 Å². The summed E-state index contributed by atoms with van der Waals surface area (Å²) in [6.07, 6.45) is 1.88. The van der Waals surface area contributed by atoms with Crippen molar-refractivity contribution in [3.63, 3.8) is 0 Å². The van der Waals surface area contributed by atoms with Gasteiger partial charge in [-0.15, -0.1) is 11.6 Å². The topological polar surface area (TPSA) is 42.2 Å². The molecule has 0 saturated heterocycles. The standard InChI is InChI=1S/C15H13BrClNO2/c16-13-6-5-12(20-13)14(17)10-4-3-9-2-1-7-18-15(19)11(9)8-10/h3-6,8,14H,1-2,7H2,(H,18,19). The molecule has 1 amide bonds. The Bertz CT molecular complexity index is 653. The van der Waals surface area contributed by atoms with Gasteiger partial charge in [-0.25, -0.2) is 0 Å². The zero-order chi connectivity index (χ0) is 14.1. The molecule has 0 spiro atoms. The van der Waals surface area contributed by atoms with Gasteiger partial charge in [0.1, 0.15) is 11.1 Å². The maximum atomic E-state index is 12.0. The summed E-state index contributed by atoms with van der Waals surface area (Å²) in [7, 11) is 0. The average molecular weight is 355 g/mol. The van der Waals surface area contributed by atoms with Crippen molar-refractivity contribution in [1.82, 2.24) is 5.32 Å². The normalized spacial score (nSPS) is 16.2. The van der Waals surface area contributed by atoms with Crippen LogP contribution in [0.2, 0.25) is 0 Å². The largest absolute Gasteiger partial charge is 0.452 e. The van der Waals surface area contributed by atoms with Crippen LogP contribution in [0.1, 0.15) is 39.0 Å². The van der Waals surface area contributed by atoms with E-state index in [1.54, 1.807) is 6.07 Å². The number of nitrogens with one attached hydrogen (secondary N) is 1. The van der Waals surface area contributed by atoms with Crippen LogP contribution in [0, 0.1) is 0 Å². The second-order valence-electron chi connectivity index (χ2n) is 4.78. The first-order chi connectivity index (χ1) is 9.65. The lowest BCUT2D eigenvalue weighted by Gasteiger charge is -2.11. The number of hydrogen-bond acceptors (Lipinski definition) is 2. The Morgan fingerprint density at radius 3 is 2.90 bits per heavy atom. The highest BCUT2D eigenvalue weighted by Crippen LogP contribution is 2.32. The summed E-state index contributed by atoms with van der Waals surface area (Å²) < 4.78 is 6.12. The third-order valence-corrected chi connectivity index (χ3v) is 4.32. The molecule has 5 heteroatoms. The van der Waals surface area contributed by atoms with Gasteiger partial charge in [0.2, 0.25) is 0 Å². The number of amides is 1. The van der Waals surface area contributed by atoms with Gasteiger partial charge in [0, 0.05) is 12.1 Å². The fraction of sp³-hybridized carbons (Fsp3) is 0.267. The molecule has 0 fully saturated rings. The Kier molecular flexibility index (Phi) is 3.85. The minimum Gasteiger partial charge on any atom is -0.452 e. The maximum Gasteiger partial charge on any atom is 0.251 e. The van der Waals surface area contributed by atoms with Crippen LogP contribution in [0.5, 0.6) is 0 Å². The summed E-state index contributed by atoms with van der Waals surface area (Å²) >= 11 is 9.69. The number of hydrogen-bond donors (Lipinski definition) is 1. The smallest absolute Gasteiger partial charge is 0.251 e. The van der Waals surface area contributed by atoms with Crippen LogP contribution in [0.25, 0.3) is 0 Å².